The topological polar surface area (TPSA) is 12.5 Å². The first kappa shape index (κ1) is 15.0. The maximum absolute atomic E-state index is 6.38. The van der Waals surface area contributed by atoms with Crippen LogP contribution >= 0.6 is 27.3 Å². The number of hydrogen-bond donors (Lipinski definition) is 0. The molecule has 1 aromatic rings. The van der Waals surface area contributed by atoms with Crippen LogP contribution < -0.4 is 0 Å². The first-order chi connectivity index (χ1) is 9.32. The Balaban J connectivity index is 1.87. The summed E-state index contributed by atoms with van der Waals surface area (Å²) in [5.41, 5.74) is 1.76. The second kappa shape index (κ2) is 5.08. The number of nitrogens with zero attached hydrogens (tertiary/aromatic N) is 1. The molecule has 0 saturated carbocycles. The summed E-state index contributed by atoms with van der Waals surface area (Å²) in [5, 5.41) is 0. The van der Waals surface area contributed by atoms with E-state index in [2.05, 4.69) is 54.6 Å². The van der Waals surface area contributed by atoms with Crippen molar-refractivity contribution >= 4 is 27.3 Å². The van der Waals surface area contributed by atoms with E-state index in [1.54, 1.807) is 0 Å². The van der Waals surface area contributed by atoms with Gasteiger partial charge in [-0.2, -0.15) is 0 Å². The van der Waals surface area contributed by atoms with Crippen molar-refractivity contribution in [2.75, 3.05) is 19.7 Å². The predicted molar refractivity (Wildman–Crippen MR) is 88.6 cm³/mol. The summed E-state index contributed by atoms with van der Waals surface area (Å²) in [6, 6.07) is 2.31. The highest BCUT2D eigenvalue weighted by Crippen LogP contribution is 2.49. The molecule has 0 bridgehead atoms. The van der Waals surface area contributed by atoms with Gasteiger partial charge in [-0.1, -0.05) is 6.92 Å². The van der Waals surface area contributed by atoms with Crippen LogP contribution in [0.25, 0.3) is 0 Å². The van der Waals surface area contributed by atoms with Gasteiger partial charge in [-0.3, -0.25) is 4.90 Å². The van der Waals surface area contributed by atoms with Crippen LogP contribution in [0.3, 0.4) is 0 Å². The quantitative estimate of drug-likeness (QED) is 0.665. The van der Waals surface area contributed by atoms with Crippen LogP contribution in [-0.2, 0) is 10.3 Å². The molecule has 1 atom stereocenters. The van der Waals surface area contributed by atoms with Crippen LogP contribution in [0.5, 0.6) is 0 Å². The van der Waals surface area contributed by atoms with Gasteiger partial charge in [0.25, 0.3) is 0 Å². The molecule has 3 rings (SSSR count). The number of likely N-dealkylation sites (tertiary alicyclic amines) is 1. The van der Waals surface area contributed by atoms with E-state index in [9.17, 15) is 0 Å². The Labute approximate surface area is 134 Å². The molecule has 1 aromatic heterocycles. The number of ether oxygens (including phenoxy) is 1. The number of hydrogen-bond acceptors (Lipinski definition) is 3. The molecule has 2 nitrogen and oxygen atoms in total. The third-order valence-electron chi connectivity index (χ3n) is 4.80. The SMILES string of the molecule is C[C@@H]1COC2(CCN(C(C)(C)C)CC2)c2sc(Br)cc21. The second-order valence-corrected chi connectivity index (χ2v) is 9.63. The van der Waals surface area contributed by atoms with E-state index >= 15 is 0 Å². The largest absolute Gasteiger partial charge is 0.369 e. The van der Waals surface area contributed by atoms with Gasteiger partial charge in [0.05, 0.1) is 10.4 Å². The van der Waals surface area contributed by atoms with Crippen LogP contribution in [0.15, 0.2) is 9.85 Å². The molecular formula is C16H24BrNOS. The molecule has 0 aliphatic carbocycles. The van der Waals surface area contributed by atoms with Crippen molar-refractivity contribution in [1.29, 1.82) is 0 Å². The predicted octanol–water partition coefficient (Wildman–Crippen LogP) is 4.73. The molecule has 3 heterocycles. The van der Waals surface area contributed by atoms with E-state index in [0.717, 1.165) is 32.5 Å². The summed E-state index contributed by atoms with van der Waals surface area (Å²) in [4.78, 5) is 4.07. The average molecular weight is 358 g/mol. The zero-order valence-corrected chi connectivity index (χ0v) is 15.2. The number of fused-ring (bicyclic) bond motifs is 2. The molecule has 2 aliphatic rings. The maximum atomic E-state index is 6.38. The molecule has 1 saturated heterocycles. The number of piperidine rings is 1. The Morgan fingerprint density at radius 1 is 1.35 bits per heavy atom. The van der Waals surface area contributed by atoms with Gasteiger partial charge in [-0.25, -0.2) is 0 Å². The summed E-state index contributed by atoms with van der Waals surface area (Å²) in [7, 11) is 0. The van der Waals surface area contributed by atoms with Gasteiger partial charge in [-0.05, 0) is 61.2 Å². The fraction of sp³-hybridized carbons (Fsp3) is 0.750. The highest BCUT2D eigenvalue weighted by molar-refractivity contribution is 9.11. The summed E-state index contributed by atoms with van der Waals surface area (Å²) in [6.45, 7) is 12.3. The fourth-order valence-electron chi connectivity index (χ4n) is 3.45. The lowest BCUT2D eigenvalue weighted by molar-refractivity contribution is -0.111. The molecular weight excluding hydrogens is 334 g/mol. The van der Waals surface area contributed by atoms with Crippen molar-refractivity contribution in [2.45, 2.75) is 57.6 Å². The van der Waals surface area contributed by atoms with Crippen LogP contribution in [0.1, 0.15) is 56.9 Å². The van der Waals surface area contributed by atoms with E-state index in [-0.39, 0.29) is 11.1 Å². The zero-order valence-electron chi connectivity index (χ0n) is 12.8. The van der Waals surface area contributed by atoms with E-state index in [0.29, 0.717) is 5.92 Å². The van der Waals surface area contributed by atoms with Crippen molar-refractivity contribution in [3.63, 3.8) is 0 Å². The lowest BCUT2D eigenvalue weighted by Crippen LogP contribution is -2.52. The minimum Gasteiger partial charge on any atom is -0.369 e. The summed E-state index contributed by atoms with van der Waals surface area (Å²) in [5.74, 6) is 0.527. The Hall–Kier alpha value is 0.100. The molecule has 1 fully saturated rings. The molecule has 0 radical (unpaired) electrons. The minimum atomic E-state index is -0.0136. The molecule has 20 heavy (non-hydrogen) atoms. The highest BCUT2D eigenvalue weighted by Gasteiger charge is 2.45. The Kier molecular flexibility index (Phi) is 3.81. The third kappa shape index (κ3) is 2.49. The van der Waals surface area contributed by atoms with Crippen molar-refractivity contribution in [3.8, 4) is 0 Å². The summed E-state index contributed by atoms with van der Waals surface area (Å²) in [6.07, 6.45) is 2.24. The van der Waals surface area contributed by atoms with Crippen LogP contribution in [0.2, 0.25) is 0 Å². The lowest BCUT2D eigenvalue weighted by atomic mass is 9.82. The van der Waals surface area contributed by atoms with Gasteiger partial charge < -0.3 is 4.74 Å². The molecule has 4 heteroatoms. The molecule has 1 spiro atoms. The number of rotatable bonds is 0. The van der Waals surface area contributed by atoms with E-state index in [4.69, 9.17) is 4.74 Å². The second-order valence-electron chi connectivity index (χ2n) is 7.20. The molecule has 2 aliphatic heterocycles. The summed E-state index contributed by atoms with van der Waals surface area (Å²) >= 11 is 5.55. The van der Waals surface area contributed by atoms with Gasteiger partial charge in [0.15, 0.2) is 0 Å². The van der Waals surface area contributed by atoms with E-state index < -0.39 is 0 Å². The normalized spacial score (nSPS) is 26.8. The van der Waals surface area contributed by atoms with Gasteiger partial charge in [0, 0.05) is 29.4 Å². The summed E-state index contributed by atoms with van der Waals surface area (Å²) < 4.78 is 7.63. The maximum Gasteiger partial charge on any atom is 0.105 e. The smallest absolute Gasteiger partial charge is 0.105 e. The third-order valence-corrected chi connectivity index (χ3v) is 6.64. The van der Waals surface area contributed by atoms with Crippen LogP contribution in [0.4, 0.5) is 0 Å². The van der Waals surface area contributed by atoms with Crippen molar-refractivity contribution < 1.29 is 4.74 Å². The van der Waals surface area contributed by atoms with E-state index in [1.165, 1.54) is 14.2 Å². The van der Waals surface area contributed by atoms with Crippen LogP contribution in [0, 0.1) is 0 Å². The van der Waals surface area contributed by atoms with Crippen molar-refractivity contribution in [2.24, 2.45) is 0 Å². The highest BCUT2D eigenvalue weighted by atomic mass is 79.9. The Morgan fingerprint density at radius 3 is 2.60 bits per heavy atom. The van der Waals surface area contributed by atoms with Crippen molar-refractivity contribution in [1.82, 2.24) is 4.90 Å². The molecule has 0 N–H and O–H groups in total. The van der Waals surface area contributed by atoms with E-state index in [1.807, 2.05) is 11.3 Å². The molecule has 0 amide bonds. The van der Waals surface area contributed by atoms with Gasteiger partial charge in [0.2, 0.25) is 0 Å². The first-order valence-electron chi connectivity index (χ1n) is 7.50. The monoisotopic (exact) mass is 357 g/mol. The van der Waals surface area contributed by atoms with Crippen LogP contribution in [-0.4, -0.2) is 30.1 Å². The Bertz CT molecular complexity index is 497. The molecule has 112 valence electrons. The zero-order chi connectivity index (χ0) is 14.5. The van der Waals surface area contributed by atoms with Gasteiger partial charge >= 0.3 is 0 Å². The molecule has 0 aromatic carbocycles. The fourth-order valence-corrected chi connectivity index (χ4v) is 5.39. The minimum absolute atomic E-state index is 0.0136. The van der Waals surface area contributed by atoms with Gasteiger partial charge in [-0.15, -0.1) is 11.3 Å². The van der Waals surface area contributed by atoms with Crippen molar-refractivity contribution in [3.05, 3.63) is 20.3 Å². The first-order valence-corrected chi connectivity index (χ1v) is 9.11. The number of thiophene rings is 1. The lowest BCUT2D eigenvalue weighted by Gasteiger charge is -2.48. The number of halogens is 1. The van der Waals surface area contributed by atoms with Gasteiger partial charge in [0.1, 0.15) is 5.60 Å². The molecule has 0 unspecified atom stereocenters. The average Bonchev–Trinajstić information content (AvgIpc) is 2.77. The Morgan fingerprint density at radius 2 is 2.00 bits per heavy atom. The standard InChI is InChI=1S/C16H24BrNOS/c1-11-10-19-16(14-12(11)9-13(17)20-14)5-7-18(8-6-16)15(2,3)4/h9,11H,5-8,10H2,1-4H3/t11-/m1/s1.